The zero-order chi connectivity index (χ0) is 25.6. The predicted octanol–water partition coefficient (Wildman–Crippen LogP) is 5.13. The Hall–Kier alpha value is -3.53. The second kappa shape index (κ2) is 9.16. The minimum atomic E-state index is -1.50. The van der Waals surface area contributed by atoms with Gasteiger partial charge >= 0.3 is 5.69 Å². The summed E-state index contributed by atoms with van der Waals surface area (Å²) in [5, 5.41) is 14.7. The molecule has 0 aliphatic rings. The summed E-state index contributed by atoms with van der Waals surface area (Å²) in [4.78, 5) is 34.4. The van der Waals surface area contributed by atoms with Crippen LogP contribution in [0.2, 0.25) is 5.02 Å². The second-order valence-corrected chi connectivity index (χ2v) is 10.5. The first-order valence-electron chi connectivity index (χ1n) is 11.2. The number of pyridine rings is 1. The first-order chi connectivity index (χ1) is 17.1. The summed E-state index contributed by atoms with van der Waals surface area (Å²) in [5.74, 6) is 0. The van der Waals surface area contributed by atoms with Crippen molar-refractivity contribution in [3.8, 4) is 16.1 Å². The van der Waals surface area contributed by atoms with Gasteiger partial charge in [-0.25, -0.2) is 13.8 Å². The molecule has 3 heterocycles. The van der Waals surface area contributed by atoms with Gasteiger partial charge < -0.3 is 15.4 Å². The van der Waals surface area contributed by atoms with Crippen LogP contribution in [0.15, 0.2) is 70.5 Å². The van der Waals surface area contributed by atoms with Gasteiger partial charge in [0.1, 0.15) is 10.9 Å². The summed E-state index contributed by atoms with van der Waals surface area (Å²) >= 11 is 7.58. The smallest absolute Gasteiger partial charge is 0.333 e. The lowest BCUT2D eigenvalue weighted by molar-refractivity contribution is 0.00323. The van der Waals surface area contributed by atoms with E-state index in [1.807, 2.05) is 18.2 Å². The molecule has 0 radical (unpaired) electrons. The van der Waals surface area contributed by atoms with E-state index in [-0.39, 0.29) is 6.54 Å². The van der Waals surface area contributed by atoms with Crippen molar-refractivity contribution in [1.29, 1.82) is 0 Å². The maximum Gasteiger partial charge on any atom is 0.333 e. The van der Waals surface area contributed by atoms with E-state index in [1.165, 1.54) is 31.4 Å². The molecular weight excluding hydrogens is 503 g/mol. The largest absolute Gasteiger partial charge is 0.387 e. The molecule has 10 heteroatoms. The number of aromatic nitrogens is 3. The summed E-state index contributed by atoms with van der Waals surface area (Å²) in [6.07, 6.45) is 1.58. The van der Waals surface area contributed by atoms with Crippen LogP contribution in [0.25, 0.3) is 37.1 Å². The highest BCUT2D eigenvalue weighted by Crippen LogP contribution is 2.35. The molecule has 0 aliphatic heterocycles. The number of H-pyrrole nitrogens is 1. The van der Waals surface area contributed by atoms with Gasteiger partial charge in [-0.2, -0.15) is 0 Å². The molecule has 1 atom stereocenters. The molecule has 0 amide bonds. The van der Waals surface area contributed by atoms with Crippen LogP contribution in [0.5, 0.6) is 0 Å². The van der Waals surface area contributed by atoms with E-state index in [2.05, 4.69) is 15.3 Å². The average molecular weight is 525 g/mol. The van der Waals surface area contributed by atoms with Crippen LogP contribution in [0.4, 0.5) is 10.1 Å². The molecule has 0 fully saturated rings. The molecule has 0 spiro atoms. The standard InChI is InChI=1S/C26H22ClFN4O3S/c1-26(2,35)22(28)13-30-15-8-7-14-11-29-12-20(17(14)9-15)32-24(33)23-19(31-25(32)34)10-21(36-23)16-5-3-4-6-18(16)27/h3-12,22,30,35H,13H2,1-2H3,(H,31,34)/t22-/m1/s1. The molecule has 36 heavy (non-hydrogen) atoms. The van der Waals surface area contributed by atoms with Crippen LogP contribution in [0.1, 0.15) is 13.8 Å². The number of halogens is 2. The number of hydrogen-bond donors (Lipinski definition) is 3. The van der Waals surface area contributed by atoms with Crippen molar-refractivity contribution in [3.63, 3.8) is 0 Å². The molecule has 0 saturated carbocycles. The van der Waals surface area contributed by atoms with Gasteiger partial charge in [0.15, 0.2) is 0 Å². The van der Waals surface area contributed by atoms with Crippen molar-refractivity contribution in [3.05, 3.63) is 86.8 Å². The van der Waals surface area contributed by atoms with Gasteiger partial charge in [-0.3, -0.25) is 9.78 Å². The fourth-order valence-electron chi connectivity index (χ4n) is 3.91. The van der Waals surface area contributed by atoms with Crippen LogP contribution >= 0.6 is 22.9 Å². The molecule has 5 aromatic rings. The Morgan fingerprint density at radius 1 is 1.19 bits per heavy atom. The van der Waals surface area contributed by atoms with Crippen LogP contribution < -0.4 is 16.6 Å². The number of alkyl halides is 1. The lowest BCUT2D eigenvalue weighted by atomic mass is 10.0. The highest BCUT2D eigenvalue weighted by molar-refractivity contribution is 7.22. The number of aromatic amines is 1. The number of thiophene rings is 1. The molecule has 3 N–H and O–H groups in total. The van der Waals surface area contributed by atoms with E-state index in [9.17, 15) is 19.1 Å². The number of aliphatic hydroxyl groups is 1. The van der Waals surface area contributed by atoms with E-state index in [1.54, 1.807) is 36.5 Å². The first kappa shape index (κ1) is 24.2. The molecule has 5 rings (SSSR count). The highest BCUT2D eigenvalue weighted by Gasteiger charge is 2.26. The van der Waals surface area contributed by atoms with Crippen molar-refractivity contribution in [2.24, 2.45) is 0 Å². The van der Waals surface area contributed by atoms with Gasteiger partial charge in [0.25, 0.3) is 5.56 Å². The number of nitrogens with zero attached hydrogens (tertiary/aromatic N) is 2. The molecule has 0 bridgehead atoms. The van der Waals surface area contributed by atoms with Gasteiger partial charge in [-0.1, -0.05) is 35.9 Å². The fraction of sp³-hybridized carbons (Fsp3) is 0.192. The van der Waals surface area contributed by atoms with E-state index in [0.717, 1.165) is 15.0 Å². The number of fused-ring (bicyclic) bond motifs is 2. The second-order valence-electron chi connectivity index (χ2n) is 9.00. The number of anilines is 1. The number of benzene rings is 2. The van der Waals surface area contributed by atoms with Crippen molar-refractivity contribution in [2.45, 2.75) is 25.6 Å². The van der Waals surface area contributed by atoms with Gasteiger partial charge in [-0.15, -0.1) is 11.3 Å². The van der Waals surface area contributed by atoms with Crippen molar-refractivity contribution < 1.29 is 9.50 Å². The molecule has 0 unspecified atom stereocenters. The van der Waals surface area contributed by atoms with E-state index < -0.39 is 23.0 Å². The normalized spacial score (nSPS) is 12.8. The summed E-state index contributed by atoms with van der Waals surface area (Å²) in [7, 11) is 0. The molecule has 0 aliphatic carbocycles. The third-order valence-corrected chi connectivity index (χ3v) is 7.43. The van der Waals surface area contributed by atoms with Gasteiger partial charge in [0.05, 0.1) is 23.0 Å². The van der Waals surface area contributed by atoms with Crippen LogP contribution in [-0.4, -0.2) is 38.0 Å². The summed E-state index contributed by atoms with van der Waals surface area (Å²) in [5.41, 5.74) is -0.492. The zero-order valence-electron chi connectivity index (χ0n) is 19.4. The zero-order valence-corrected chi connectivity index (χ0v) is 21.0. The van der Waals surface area contributed by atoms with Crippen LogP contribution in [0, 0.1) is 0 Å². The summed E-state index contributed by atoms with van der Waals surface area (Å²) in [6, 6.07) is 14.3. The quantitative estimate of drug-likeness (QED) is 0.286. The number of hydrogen-bond acceptors (Lipinski definition) is 6. The Kier molecular flexibility index (Phi) is 6.15. The van der Waals surface area contributed by atoms with Crippen LogP contribution in [0.3, 0.4) is 0 Å². The molecule has 7 nitrogen and oxygen atoms in total. The van der Waals surface area contributed by atoms with Crippen molar-refractivity contribution in [2.75, 3.05) is 11.9 Å². The maximum absolute atomic E-state index is 14.2. The Balaban J connectivity index is 1.62. The molecule has 0 saturated heterocycles. The molecular formula is C26H22ClFN4O3S. The summed E-state index contributed by atoms with van der Waals surface area (Å²) < 4.78 is 15.7. The minimum Gasteiger partial charge on any atom is -0.387 e. The minimum absolute atomic E-state index is 0.109. The van der Waals surface area contributed by atoms with Gasteiger partial charge in [-0.05, 0) is 38.1 Å². The van der Waals surface area contributed by atoms with Gasteiger partial charge in [0.2, 0.25) is 0 Å². The first-order valence-corrected chi connectivity index (χ1v) is 12.3. The van der Waals surface area contributed by atoms with Crippen molar-refractivity contribution >= 4 is 49.6 Å². The Morgan fingerprint density at radius 2 is 1.97 bits per heavy atom. The highest BCUT2D eigenvalue weighted by atomic mass is 35.5. The Bertz CT molecular complexity index is 1720. The fourth-order valence-corrected chi connectivity index (χ4v) is 5.29. The van der Waals surface area contributed by atoms with Crippen LogP contribution in [-0.2, 0) is 0 Å². The van der Waals surface area contributed by atoms with E-state index in [4.69, 9.17) is 11.6 Å². The summed E-state index contributed by atoms with van der Waals surface area (Å²) in [6.45, 7) is 2.70. The predicted molar refractivity (Wildman–Crippen MR) is 143 cm³/mol. The topological polar surface area (TPSA) is 100 Å². The molecule has 2 aromatic carbocycles. The third-order valence-electron chi connectivity index (χ3n) is 5.95. The maximum atomic E-state index is 14.2. The lowest BCUT2D eigenvalue weighted by Gasteiger charge is -2.23. The average Bonchev–Trinajstić information content (AvgIpc) is 3.26. The molecule has 184 valence electrons. The third kappa shape index (κ3) is 4.41. The lowest BCUT2D eigenvalue weighted by Crippen LogP contribution is -2.37. The number of nitrogens with one attached hydrogen (secondary N) is 2. The van der Waals surface area contributed by atoms with E-state index >= 15 is 0 Å². The molecule has 3 aromatic heterocycles. The Labute approximate surface area is 213 Å². The SMILES string of the molecule is CC(C)(O)[C@H](F)CNc1ccc2cncc(-n3c(=O)[nH]c4cc(-c5ccccc5Cl)sc4c3=O)c2c1. The van der Waals surface area contributed by atoms with Gasteiger partial charge in [0, 0.05) is 44.7 Å². The number of rotatable bonds is 6. The van der Waals surface area contributed by atoms with E-state index in [0.29, 0.717) is 37.4 Å². The van der Waals surface area contributed by atoms with Crippen molar-refractivity contribution in [1.82, 2.24) is 14.5 Å². The Morgan fingerprint density at radius 3 is 2.72 bits per heavy atom. The monoisotopic (exact) mass is 524 g/mol.